The minimum Gasteiger partial charge on any atom is -0.497 e. The molecule has 3 rings (SSSR count). The van der Waals surface area contributed by atoms with Crippen molar-refractivity contribution in [2.45, 2.75) is 51.4 Å². The van der Waals surface area contributed by atoms with Gasteiger partial charge in [0, 0.05) is 6.42 Å². The molecule has 6 nitrogen and oxygen atoms in total. The number of hydrogen-bond acceptors (Lipinski definition) is 4. The van der Waals surface area contributed by atoms with Gasteiger partial charge in [-0.15, -0.1) is 0 Å². The van der Waals surface area contributed by atoms with Gasteiger partial charge in [0.05, 0.1) is 27.0 Å². The fourth-order valence-electron chi connectivity index (χ4n) is 4.39. The van der Waals surface area contributed by atoms with E-state index in [1.165, 1.54) is 5.19 Å². The first-order valence-electron chi connectivity index (χ1n) is 11.4. The van der Waals surface area contributed by atoms with Crippen molar-refractivity contribution in [2.75, 3.05) is 7.11 Å². The molecule has 1 unspecified atom stereocenters. The molecule has 1 amide bonds. The highest BCUT2D eigenvalue weighted by Crippen LogP contribution is 2.33. The summed E-state index contributed by atoms with van der Waals surface area (Å²) in [6.07, 6.45) is 1.87. The molecule has 0 radical (unpaired) electrons. The number of carboxylic acid groups (broad SMARTS) is 1. The largest absolute Gasteiger partial charge is 0.497 e. The third-order valence-corrected chi connectivity index (χ3v) is 8.49. The second-order valence-electron chi connectivity index (χ2n) is 9.79. The molecule has 0 aromatic heterocycles. The van der Waals surface area contributed by atoms with Crippen LogP contribution in [0.2, 0.25) is 19.6 Å². The summed E-state index contributed by atoms with van der Waals surface area (Å²) in [6, 6.07) is 14.3. The van der Waals surface area contributed by atoms with Gasteiger partial charge in [0.1, 0.15) is 11.8 Å². The molecule has 0 saturated heterocycles. The molecule has 0 bridgehead atoms. The zero-order chi connectivity index (χ0) is 24.2. The summed E-state index contributed by atoms with van der Waals surface area (Å²) in [7, 11) is 0.131. The number of carboxylic acids is 1. The Morgan fingerprint density at radius 2 is 1.61 bits per heavy atom. The van der Waals surface area contributed by atoms with Gasteiger partial charge < -0.3 is 15.2 Å². The van der Waals surface area contributed by atoms with Crippen molar-refractivity contribution in [1.82, 2.24) is 5.32 Å². The predicted octanol–water partition coefficient (Wildman–Crippen LogP) is 3.71. The molecular formula is C26H33NO5Si. The highest BCUT2D eigenvalue weighted by Gasteiger charge is 2.39. The Morgan fingerprint density at radius 3 is 2.15 bits per heavy atom. The number of ketones is 1. The molecule has 0 heterocycles. The molecule has 3 atom stereocenters. The number of aliphatic carboxylic acids is 1. The standard InChI is InChI=1S/C26H33NO5Si/c1-32-19-12-10-18(11-13-19)24(27-25(29)21-6-5-7-22(21)26(30)31)23(28)16-17-8-14-20(15-9-17)33(2,3)4/h8-15,21-22,24H,5-7,16H2,1-4H3,(H,27,29)(H,30,31)/t21-,22+,24?/m1/s1. The number of nitrogens with one attached hydrogen (secondary N) is 1. The smallest absolute Gasteiger partial charge is 0.307 e. The molecular weight excluding hydrogens is 434 g/mol. The van der Waals surface area contributed by atoms with E-state index in [4.69, 9.17) is 4.74 Å². The maximum absolute atomic E-state index is 13.4. The summed E-state index contributed by atoms with van der Waals surface area (Å²) in [5.74, 6) is -2.14. The van der Waals surface area contributed by atoms with E-state index < -0.39 is 31.9 Å². The molecule has 33 heavy (non-hydrogen) atoms. The zero-order valence-electron chi connectivity index (χ0n) is 19.8. The third kappa shape index (κ3) is 6.10. The number of benzene rings is 2. The topological polar surface area (TPSA) is 92.7 Å². The Hall–Kier alpha value is -2.93. The Labute approximate surface area is 196 Å². The number of carbonyl (C=O) groups is 3. The molecule has 1 fully saturated rings. The summed E-state index contributed by atoms with van der Waals surface area (Å²) in [5, 5.41) is 13.7. The van der Waals surface area contributed by atoms with Gasteiger partial charge in [0.15, 0.2) is 5.78 Å². The number of hydrogen-bond donors (Lipinski definition) is 2. The first-order chi connectivity index (χ1) is 15.6. The molecule has 7 heteroatoms. The number of methoxy groups -OCH3 is 1. The summed E-state index contributed by atoms with van der Waals surface area (Å²) in [4.78, 5) is 38.0. The van der Waals surface area contributed by atoms with Crippen LogP contribution >= 0.6 is 0 Å². The van der Waals surface area contributed by atoms with Crippen LogP contribution in [-0.2, 0) is 20.8 Å². The average Bonchev–Trinajstić information content (AvgIpc) is 3.28. The quantitative estimate of drug-likeness (QED) is 0.549. The Bertz CT molecular complexity index is 995. The lowest BCUT2D eigenvalue weighted by molar-refractivity contribution is -0.146. The molecule has 0 spiro atoms. The average molecular weight is 468 g/mol. The van der Waals surface area contributed by atoms with E-state index in [0.717, 1.165) is 5.56 Å². The Kier molecular flexibility index (Phi) is 7.74. The van der Waals surface area contributed by atoms with Gasteiger partial charge in [0.25, 0.3) is 0 Å². The number of ether oxygens (including phenoxy) is 1. The lowest BCUT2D eigenvalue weighted by Crippen LogP contribution is -2.40. The van der Waals surface area contributed by atoms with Crippen LogP contribution in [0.3, 0.4) is 0 Å². The zero-order valence-corrected chi connectivity index (χ0v) is 20.8. The van der Waals surface area contributed by atoms with Crippen molar-refractivity contribution >= 4 is 30.9 Å². The normalized spacial score (nSPS) is 19.0. The number of Topliss-reactive ketones (excluding diaryl/α,β-unsaturated/α-hetero) is 1. The van der Waals surface area contributed by atoms with Crippen molar-refractivity contribution < 1.29 is 24.2 Å². The van der Waals surface area contributed by atoms with Crippen molar-refractivity contribution in [2.24, 2.45) is 11.8 Å². The summed E-state index contributed by atoms with van der Waals surface area (Å²) in [6.45, 7) is 6.82. The van der Waals surface area contributed by atoms with Gasteiger partial charge in [0.2, 0.25) is 5.91 Å². The summed E-state index contributed by atoms with van der Waals surface area (Å²) < 4.78 is 5.21. The summed E-state index contributed by atoms with van der Waals surface area (Å²) in [5.41, 5.74) is 1.54. The Morgan fingerprint density at radius 1 is 1.00 bits per heavy atom. The Balaban J connectivity index is 1.82. The highest BCUT2D eigenvalue weighted by molar-refractivity contribution is 6.88. The molecule has 2 aromatic rings. The molecule has 176 valence electrons. The maximum atomic E-state index is 13.4. The van der Waals surface area contributed by atoms with Gasteiger partial charge >= 0.3 is 5.97 Å². The van der Waals surface area contributed by atoms with Crippen LogP contribution in [0.4, 0.5) is 0 Å². The van der Waals surface area contributed by atoms with Crippen LogP contribution in [-0.4, -0.2) is 37.9 Å². The molecule has 1 saturated carbocycles. The van der Waals surface area contributed by atoms with Crippen LogP contribution in [0.15, 0.2) is 48.5 Å². The SMILES string of the molecule is COc1ccc(C(NC(=O)[C@@H]2CCC[C@@H]2C(=O)O)C(=O)Cc2ccc([Si](C)(C)C)cc2)cc1. The van der Waals surface area contributed by atoms with Gasteiger partial charge in [-0.25, -0.2) is 0 Å². The second-order valence-corrected chi connectivity index (χ2v) is 14.9. The third-order valence-electron chi connectivity index (χ3n) is 6.43. The lowest BCUT2D eigenvalue weighted by Gasteiger charge is -2.23. The molecule has 2 aromatic carbocycles. The van der Waals surface area contributed by atoms with Crippen LogP contribution in [0.5, 0.6) is 5.75 Å². The van der Waals surface area contributed by atoms with Crippen molar-refractivity contribution in [3.63, 3.8) is 0 Å². The van der Waals surface area contributed by atoms with E-state index in [9.17, 15) is 19.5 Å². The van der Waals surface area contributed by atoms with Crippen LogP contribution < -0.4 is 15.2 Å². The molecule has 0 aliphatic heterocycles. The lowest BCUT2D eigenvalue weighted by atomic mass is 9.93. The van der Waals surface area contributed by atoms with E-state index >= 15 is 0 Å². The predicted molar refractivity (Wildman–Crippen MR) is 130 cm³/mol. The van der Waals surface area contributed by atoms with Crippen molar-refractivity contribution in [1.29, 1.82) is 0 Å². The minimum atomic E-state index is -1.43. The minimum absolute atomic E-state index is 0.140. The number of rotatable bonds is 9. The van der Waals surface area contributed by atoms with Crippen LogP contribution in [0, 0.1) is 11.8 Å². The van der Waals surface area contributed by atoms with E-state index in [1.807, 2.05) is 12.1 Å². The number of amides is 1. The van der Waals surface area contributed by atoms with Gasteiger partial charge in [-0.3, -0.25) is 14.4 Å². The first kappa shape index (κ1) is 24.7. The second kappa shape index (κ2) is 10.3. The van der Waals surface area contributed by atoms with Gasteiger partial charge in [-0.05, 0) is 36.1 Å². The van der Waals surface area contributed by atoms with Crippen LogP contribution in [0.25, 0.3) is 0 Å². The van der Waals surface area contributed by atoms with E-state index in [1.54, 1.807) is 31.4 Å². The van der Waals surface area contributed by atoms with Crippen molar-refractivity contribution in [3.8, 4) is 5.75 Å². The fraction of sp³-hybridized carbons (Fsp3) is 0.423. The summed E-state index contributed by atoms with van der Waals surface area (Å²) >= 11 is 0. The maximum Gasteiger partial charge on any atom is 0.307 e. The molecule has 1 aliphatic carbocycles. The monoisotopic (exact) mass is 467 g/mol. The van der Waals surface area contributed by atoms with E-state index in [2.05, 4.69) is 37.1 Å². The molecule has 1 aliphatic rings. The fourth-order valence-corrected chi connectivity index (χ4v) is 5.56. The first-order valence-corrected chi connectivity index (χ1v) is 14.9. The van der Waals surface area contributed by atoms with E-state index in [-0.39, 0.29) is 18.1 Å². The number of carbonyl (C=O) groups excluding carboxylic acids is 2. The van der Waals surface area contributed by atoms with Gasteiger partial charge in [-0.2, -0.15) is 0 Å². The van der Waals surface area contributed by atoms with Crippen LogP contribution in [0.1, 0.15) is 36.4 Å². The van der Waals surface area contributed by atoms with Gasteiger partial charge in [-0.1, -0.05) is 67.6 Å². The highest BCUT2D eigenvalue weighted by atomic mass is 28.3. The van der Waals surface area contributed by atoms with E-state index in [0.29, 0.717) is 30.6 Å². The molecule has 2 N–H and O–H groups in total. The van der Waals surface area contributed by atoms with Crippen molar-refractivity contribution in [3.05, 3.63) is 59.7 Å².